The number of fused-ring (bicyclic) bond motifs is 5. The van der Waals surface area contributed by atoms with Crippen LogP contribution in [0.1, 0.15) is 40.6 Å². The Morgan fingerprint density at radius 2 is 1.37 bits per heavy atom. The van der Waals surface area contributed by atoms with Crippen molar-refractivity contribution in [1.29, 1.82) is 0 Å². The van der Waals surface area contributed by atoms with Crippen molar-refractivity contribution < 1.29 is 28.5 Å². The van der Waals surface area contributed by atoms with E-state index in [1.54, 1.807) is 14.2 Å². The Labute approximate surface area is 202 Å². The Morgan fingerprint density at radius 3 is 1.91 bits per heavy atom. The number of methoxy groups -OCH3 is 4. The molecule has 1 aromatic carbocycles. The van der Waals surface area contributed by atoms with Gasteiger partial charge >= 0.3 is 17.9 Å². The minimum atomic E-state index is -0.414. The summed E-state index contributed by atoms with van der Waals surface area (Å²) in [4.78, 5) is 35.0. The summed E-state index contributed by atoms with van der Waals surface area (Å²) in [6.07, 6.45) is 0.966. The molecule has 6 aliphatic rings. The van der Waals surface area contributed by atoms with Gasteiger partial charge in [-0.2, -0.15) is 9.97 Å². The second-order valence-electron chi connectivity index (χ2n) is 10.2. The predicted molar refractivity (Wildman–Crippen MR) is 122 cm³/mol. The van der Waals surface area contributed by atoms with Crippen molar-refractivity contribution in [2.24, 2.45) is 35.5 Å². The van der Waals surface area contributed by atoms with E-state index in [2.05, 4.69) is 29.2 Å². The molecule has 35 heavy (non-hydrogen) atoms. The fraction of sp³-hybridized carbons (Fsp3) is 0.481. The molecule has 8 nitrogen and oxygen atoms in total. The SMILES string of the molecule is COC(=O)C1=C(C(=O)OC)[C@H]2[C@H]3C[C@@H]([C@@H]12)[C@@H]1[C@@H]2c4ccccc4[C@@H](c4c(OC)nc(OC)nc42)[C@H]31. The monoisotopic (exact) mass is 474 g/mol. The molecule has 2 saturated carbocycles. The van der Waals surface area contributed by atoms with E-state index in [9.17, 15) is 9.59 Å². The Balaban J connectivity index is 1.44. The first-order valence-electron chi connectivity index (χ1n) is 12.0. The van der Waals surface area contributed by atoms with E-state index in [1.165, 1.54) is 25.3 Å². The summed E-state index contributed by atoms with van der Waals surface area (Å²) in [7, 11) is 5.95. The summed E-state index contributed by atoms with van der Waals surface area (Å²) >= 11 is 0. The number of rotatable bonds is 4. The molecule has 0 unspecified atom stereocenters. The highest BCUT2D eigenvalue weighted by atomic mass is 16.5. The quantitative estimate of drug-likeness (QED) is 0.624. The third-order valence-corrected chi connectivity index (χ3v) is 9.39. The summed E-state index contributed by atoms with van der Waals surface area (Å²) in [5, 5.41) is 0. The normalized spacial score (nSPS) is 34.3. The average Bonchev–Trinajstić information content (AvgIpc) is 3.41. The van der Waals surface area contributed by atoms with Crippen LogP contribution in [0.25, 0.3) is 0 Å². The summed E-state index contributed by atoms with van der Waals surface area (Å²) in [5.74, 6) is 1.01. The van der Waals surface area contributed by atoms with Gasteiger partial charge in [0.1, 0.15) is 0 Å². The molecule has 0 amide bonds. The Bertz CT molecular complexity index is 1330. The first-order valence-corrected chi connectivity index (χ1v) is 12.0. The van der Waals surface area contributed by atoms with Crippen molar-refractivity contribution in [2.45, 2.75) is 18.3 Å². The topological polar surface area (TPSA) is 96.8 Å². The van der Waals surface area contributed by atoms with E-state index in [1.807, 2.05) is 0 Å². The standard InChI is InChI=1S/C27H26N2O6/c1-32-24-22-14-10-7-5-6-8-11(10)19(23(22)28-27(29-24)35-4)16-13-9-12(15(14)16)17-18(13)21(26(31)34-3)20(17)25(30)33-2/h5-8,12-19H,9H2,1-4H3/t12-,13+,14+,15-,16-,17-,18+,19-/m0/s1. The number of carbonyl (C=O) groups excluding carboxylic acids is 2. The van der Waals surface area contributed by atoms with E-state index in [4.69, 9.17) is 23.9 Å². The molecule has 2 aromatic rings. The van der Waals surface area contributed by atoms with Crippen molar-refractivity contribution in [3.8, 4) is 11.9 Å². The Kier molecular flexibility index (Phi) is 4.22. The van der Waals surface area contributed by atoms with Crippen molar-refractivity contribution >= 4 is 11.9 Å². The van der Waals surface area contributed by atoms with E-state index in [-0.39, 0.29) is 35.5 Å². The van der Waals surface area contributed by atoms with Gasteiger partial charge in [-0.05, 0) is 41.2 Å². The van der Waals surface area contributed by atoms with Crippen molar-refractivity contribution in [3.63, 3.8) is 0 Å². The van der Waals surface area contributed by atoms with Gasteiger partial charge in [-0.15, -0.1) is 0 Å². The van der Waals surface area contributed by atoms with Crippen LogP contribution in [0.4, 0.5) is 0 Å². The molecule has 180 valence electrons. The lowest BCUT2D eigenvalue weighted by atomic mass is 9.46. The molecule has 0 aliphatic heterocycles. The van der Waals surface area contributed by atoms with Gasteiger partial charge in [0, 0.05) is 29.2 Å². The zero-order chi connectivity index (χ0) is 24.2. The molecule has 0 radical (unpaired) electrons. The van der Waals surface area contributed by atoms with Gasteiger partial charge in [0.15, 0.2) is 0 Å². The van der Waals surface area contributed by atoms with Crippen LogP contribution in [-0.4, -0.2) is 50.3 Å². The van der Waals surface area contributed by atoms with Crippen LogP contribution in [0.2, 0.25) is 0 Å². The average molecular weight is 475 g/mol. The number of carbonyl (C=O) groups is 2. The van der Waals surface area contributed by atoms with Crippen LogP contribution in [0.3, 0.4) is 0 Å². The van der Waals surface area contributed by atoms with Crippen molar-refractivity contribution in [2.75, 3.05) is 28.4 Å². The van der Waals surface area contributed by atoms with Gasteiger partial charge in [0.25, 0.3) is 0 Å². The lowest BCUT2D eigenvalue weighted by Crippen LogP contribution is -2.53. The summed E-state index contributed by atoms with van der Waals surface area (Å²) in [6, 6.07) is 8.87. The third kappa shape index (κ3) is 2.33. The van der Waals surface area contributed by atoms with Crippen molar-refractivity contribution in [3.05, 3.63) is 57.8 Å². The van der Waals surface area contributed by atoms with E-state index < -0.39 is 11.9 Å². The molecule has 8 atom stereocenters. The highest BCUT2D eigenvalue weighted by Gasteiger charge is 2.72. The van der Waals surface area contributed by atoms with Gasteiger partial charge < -0.3 is 18.9 Å². The number of ether oxygens (including phenoxy) is 4. The molecule has 4 bridgehead atoms. The molecule has 0 N–H and O–H groups in total. The number of nitrogens with zero attached hydrogens (tertiary/aromatic N) is 2. The maximum atomic E-state index is 12.8. The van der Waals surface area contributed by atoms with Gasteiger partial charge in [-0.3, -0.25) is 0 Å². The molecule has 0 saturated heterocycles. The zero-order valence-electron chi connectivity index (χ0n) is 20.0. The smallest absolute Gasteiger partial charge is 0.334 e. The molecule has 0 spiro atoms. The van der Waals surface area contributed by atoms with Gasteiger partial charge in [0.2, 0.25) is 5.88 Å². The number of benzene rings is 1. The second kappa shape index (κ2) is 7.06. The minimum absolute atomic E-state index is 0.0166. The Morgan fingerprint density at radius 1 is 0.800 bits per heavy atom. The maximum absolute atomic E-state index is 12.8. The molecule has 2 fully saturated rings. The van der Waals surface area contributed by atoms with Crippen molar-refractivity contribution in [1.82, 2.24) is 9.97 Å². The second-order valence-corrected chi connectivity index (χ2v) is 10.2. The lowest BCUT2D eigenvalue weighted by molar-refractivity contribution is -0.144. The third-order valence-electron chi connectivity index (χ3n) is 9.39. The van der Waals surface area contributed by atoms with E-state index in [0.29, 0.717) is 34.9 Å². The van der Waals surface area contributed by atoms with Crippen LogP contribution < -0.4 is 9.47 Å². The van der Waals surface area contributed by atoms with Gasteiger partial charge in [0.05, 0.1) is 45.3 Å². The molecule has 8 rings (SSSR count). The highest BCUT2D eigenvalue weighted by Crippen LogP contribution is 2.76. The first-order chi connectivity index (χ1) is 17.0. The molecule has 1 heterocycles. The lowest BCUT2D eigenvalue weighted by Gasteiger charge is -2.57. The molecule has 8 heteroatoms. The van der Waals surface area contributed by atoms with Crippen LogP contribution in [0.5, 0.6) is 11.9 Å². The molecule has 1 aromatic heterocycles. The first kappa shape index (κ1) is 20.9. The maximum Gasteiger partial charge on any atom is 0.334 e. The fourth-order valence-corrected chi connectivity index (χ4v) is 8.60. The number of esters is 2. The van der Waals surface area contributed by atoms with E-state index >= 15 is 0 Å². The summed E-state index contributed by atoms with van der Waals surface area (Å²) < 4.78 is 21.4. The fourth-order valence-electron chi connectivity index (χ4n) is 8.60. The molecular weight excluding hydrogens is 448 g/mol. The summed E-state index contributed by atoms with van der Waals surface area (Å²) in [5.41, 5.74) is 5.62. The molecular formula is C27H26N2O6. The van der Waals surface area contributed by atoms with Crippen LogP contribution in [-0.2, 0) is 19.1 Å². The number of aromatic nitrogens is 2. The van der Waals surface area contributed by atoms with Gasteiger partial charge in [-0.25, -0.2) is 9.59 Å². The van der Waals surface area contributed by atoms with Gasteiger partial charge in [-0.1, -0.05) is 24.3 Å². The van der Waals surface area contributed by atoms with E-state index in [0.717, 1.165) is 17.7 Å². The van der Waals surface area contributed by atoms with Crippen LogP contribution in [0.15, 0.2) is 35.4 Å². The number of hydrogen-bond acceptors (Lipinski definition) is 8. The largest absolute Gasteiger partial charge is 0.481 e. The summed E-state index contributed by atoms with van der Waals surface area (Å²) in [6.45, 7) is 0. The Hall–Kier alpha value is -3.42. The number of hydrogen-bond donors (Lipinski definition) is 0. The minimum Gasteiger partial charge on any atom is -0.481 e. The zero-order valence-corrected chi connectivity index (χ0v) is 20.0. The predicted octanol–water partition coefficient (Wildman–Crippen LogP) is 2.86. The van der Waals surface area contributed by atoms with Crippen LogP contribution in [0, 0.1) is 35.5 Å². The van der Waals surface area contributed by atoms with Crippen LogP contribution >= 0.6 is 0 Å². The highest BCUT2D eigenvalue weighted by molar-refractivity contribution is 6.04. The molecule has 6 aliphatic carbocycles.